The van der Waals surface area contributed by atoms with Crippen LogP contribution in [-0.4, -0.2) is 102 Å². The Bertz CT molecular complexity index is 1490. The third-order valence-corrected chi connectivity index (χ3v) is 8.70. The molecule has 3 atom stereocenters. The zero-order valence-electron chi connectivity index (χ0n) is 24.1. The fourth-order valence-corrected chi connectivity index (χ4v) is 6.21. The van der Waals surface area contributed by atoms with Gasteiger partial charge < -0.3 is 29.3 Å². The maximum absolute atomic E-state index is 11.8. The van der Waals surface area contributed by atoms with E-state index in [2.05, 4.69) is 77.2 Å². The molecule has 1 amide bonds. The Balaban J connectivity index is 1.31. The van der Waals surface area contributed by atoms with Crippen molar-refractivity contribution in [3.8, 4) is 12.1 Å². The second kappa shape index (κ2) is 12.0. The first-order chi connectivity index (χ1) is 20.4. The highest BCUT2D eigenvalue weighted by Gasteiger charge is 2.34. The molecule has 2 fully saturated rings. The van der Waals surface area contributed by atoms with Crippen molar-refractivity contribution < 1.29 is 19.4 Å². The number of rotatable bonds is 6. The van der Waals surface area contributed by atoms with Crippen molar-refractivity contribution in [1.29, 1.82) is 5.26 Å². The van der Waals surface area contributed by atoms with Crippen molar-refractivity contribution >= 4 is 28.4 Å². The molecule has 11 nitrogen and oxygen atoms in total. The van der Waals surface area contributed by atoms with Crippen LogP contribution in [0.15, 0.2) is 42.5 Å². The molecule has 2 aromatic carbocycles. The van der Waals surface area contributed by atoms with Crippen molar-refractivity contribution in [2.24, 2.45) is 0 Å². The number of nitriles is 1. The number of carboxylic acid groups (broad SMARTS) is 1. The molecule has 1 N–H and O–H groups in total. The number of fused-ring (bicyclic) bond motifs is 2. The number of amides is 1. The van der Waals surface area contributed by atoms with E-state index >= 15 is 0 Å². The summed E-state index contributed by atoms with van der Waals surface area (Å²) in [5, 5.41) is 21.5. The molecule has 0 saturated carbocycles. The summed E-state index contributed by atoms with van der Waals surface area (Å²) in [7, 11) is 2.09. The molecule has 6 rings (SSSR count). The van der Waals surface area contributed by atoms with E-state index in [1.54, 1.807) is 0 Å². The minimum absolute atomic E-state index is 0.0828. The summed E-state index contributed by atoms with van der Waals surface area (Å²) in [6.45, 7) is 6.48. The smallest absolute Gasteiger partial charge is 0.407 e. The van der Waals surface area contributed by atoms with Crippen LogP contribution in [0.2, 0.25) is 0 Å². The lowest BCUT2D eigenvalue weighted by Gasteiger charge is -2.41. The molecule has 42 heavy (non-hydrogen) atoms. The van der Waals surface area contributed by atoms with Crippen molar-refractivity contribution in [3.63, 3.8) is 0 Å². The van der Waals surface area contributed by atoms with Gasteiger partial charge in [-0.2, -0.15) is 15.2 Å². The first kappa shape index (κ1) is 28.0. The number of anilines is 2. The Morgan fingerprint density at radius 3 is 2.76 bits per heavy atom. The van der Waals surface area contributed by atoms with Gasteiger partial charge in [0.25, 0.3) is 0 Å². The number of nitrogens with zero attached hydrogens (tertiary/aromatic N) is 7. The number of aromatic nitrogens is 2. The molecule has 3 aromatic rings. The van der Waals surface area contributed by atoms with Crippen LogP contribution < -0.4 is 14.5 Å². The molecule has 4 heterocycles. The molecule has 3 aliphatic heterocycles. The van der Waals surface area contributed by atoms with Crippen molar-refractivity contribution in [2.75, 3.05) is 62.8 Å². The van der Waals surface area contributed by atoms with Crippen LogP contribution >= 0.6 is 0 Å². The number of likely N-dealkylation sites (N-methyl/N-ethyl adjacent to an activating group) is 1. The van der Waals surface area contributed by atoms with Crippen LogP contribution in [0.3, 0.4) is 0 Å². The summed E-state index contributed by atoms with van der Waals surface area (Å²) in [6, 6.07) is 17.2. The van der Waals surface area contributed by atoms with Crippen LogP contribution in [0.5, 0.6) is 6.01 Å². The number of carbonyl (C=O) groups is 1. The molecule has 0 radical (unpaired) electrons. The normalized spacial score (nSPS) is 23.0. The standard InChI is InChI=1S/C31H37N7O4/c1-21-19-41-24(17-35(21)2)20-42-30-33-27-18-36(28-9-5-7-22-6-3-4-8-25(22)28)13-11-26(27)29(34-30)37-14-15-38(31(39)40)23(16-37)10-12-32/h3-9,21,23-24H,10-11,13-20H2,1-2H3,(H,39,40)/t21-,23?,24-/m1/s1. The van der Waals surface area contributed by atoms with E-state index in [0.717, 1.165) is 36.6 Å². The Morgan fingerprint density at radius 1 is 1.12 bits per heavy atom. The quantitative estimate of drug-likeness (QED) is 0.472. The zero-order valence-corrected chi connectivity index (χ0v) is 24.1. The molecule has 1 aromatic heterocycles. The summed E-state index contributed by atoms with van der Waals surface area (Å²) in [5.41, 5.74) is 3.13. The van der Waals surface area contributed by atoms with Crippen LogP contribution in [0.25, 0.3) is 10.8 Å². The molecule has 11 heteroatoms. The van der Waals surface area contributed by atoms with Gasteiger partial charge in [-0.25, -0.2) is 4.79 Å². The Hall–Kier alpha value is -4.14. The lowest BCUT2D eigenvalue weighted by atomic mass is 10.0. The first-order valence-corrected chi connectivity index (χ1v) is 14.6. The number of hydrogen-bond acceptors (Lipinski definition) is 9. The van der Waals surface area contributed by atoms with Crippen molar-refractivity contribution in [3.05, 3.63) is 53.7 Å². The molecule has 0 aliphatic carbocycles. The topological polar surface area (TPSA) is 118 Å². The highest BCUT2D eigenvalue weighted by Crippen LogP contribution is 2.35. The van der Waals surface area contributed by atoms with Crippen LogP contribution in [0, 0.1) is 11.3 Å². The van der Waals surface area contributed by atoms with Crippen molar-refractivity contribution in [2.45, 2.75) is 44.5 Å². The minimum Gasteiger partial charge on any atom is -0.465 e. The molecule has 0 spiro atoms. The van der Waals surface area contributed by atoms with Gasteiger partial charge in [0.2, 0.25) is 0 Å². The molecular formula is C31H37N7O4. The van der Waals surface area contributed by atoms with Crippen molar-refractivity contribution in [1.82, 2.24) is 19.8 Å². The van der Waals surface area contributed by atoms with Gasteiger partial charge in [-0.15, -0.1) is 0 Å². The van der Waals surface area contributed by atoms with E-state index in [4.69, 9.17) is 19.4 Å². The van der Waals surface area contributed by atoms with Gasteiger partial charge in [0, 0.05) is 55.4 Å². The Labute approximate surface area is 245 Å². The molecule has 0 bridgehead atoms. The average Bonchev–Trinajstić information content (AvgIpc) is 3.00. The van der Waals surface area contributed by atoms with E-state index in [-0.39, 0.29) is 12.5 Å². The van der Waals surface area contributed by atoms with E-state index in [9.17, 15) is 15.2 Å². The lowest BCUT2D eigenvalue weighted by molar-refractivity contribution is -0.0662. The second-order valence-corrected chi connectivity index (χ2v) is 11.4. The first-order valence-electron chi connectivity index (χ1n) is 14.6. The number of morpholine rings is 1. The summed E-state index contributed by atoms with van der Waals surface area (Å²) in [4.78, 5) is 29.7. The van der Waals surface area contributed by atoms with E-state index < -0.39 is 12.1 Å². The van der Waals surface area contributed by atoms with Gasteiger partial charge in [0.1, 0.15) is 18.5 Å². The van der Waals surface area contributed by atoms with Gasteiger partial charge >= 0.3 is 12.1 Å². The van der Waals surface area contributed by atoms with Crippen LogP contribution in [0.1, 0.15) is 24.6 Å². The fourth-order valence-electron chi connectivity index (χ4n) is 6.21. The predicted molar refractivity (Wildman–Crippen MR) is 159 cm³/mol. The van der Waals surface area contributed by atoms with Crippen LogP contribution in [-0.2, 0) is 17.7 Å². The molecule has 2 saturated heterocycles. The lowest BCUT2D eigenvalue weighted by Crippen LogP contribution is -2.55. The third kappa shape index (κ3) is 5.65. The predicted octanol–water partition coefficient (Wildman–Crippen LogP) is 3.37. The number of benzene rings is 2. The zero-order chi connectivity index (χ0) is 29.2. The van der Waals surface area contributed by atoms with Crippen LogP contribution in [0.4, 0.5) is 16.3 Å². The molecular weight excluding hydrogens is 534 g/mol. The number of ether oxygens (including phenoxy) is 2. The molecule has 3 aliphatic rings. The Kier molecular flexibility index (Phi) is 8.00. The van der Waals surface area contributed by atoms with Gasteiger partial charge in [0.05, 0.1) is 37.4 Å². The average molecular weight is 572 g/mol. The SMILES string of the molecule is C[C@@H]1CO[C@@H](COc2nc3c(c(N4CCN(C(=O)O)C(CC#N)C4)n2)CCN(c2cccc4ccccc24)C3)CN1C. The van der Waals surface area contributed by atoms with E-state index in [1.807, 2.05) is 0 Å². The number of hydrogen-bond donors (Lipinski definition) is 1. The van der Waals surface area contributed by atoms with Gasteiger partial charge in [-0.3, -0.25) is 4.90 Å². The highest BCUT2D eigenvalue weighted by atomic mass is 16.5. The fraction of sp³-hybridized carbons (Fsp3) is 0.484. The third-order valence-electron chi connectivity index (χ3n) is 8.70. The molecule has 220 valence electrons. The summed E-state index contributed by atoms with van der Waals surface area (Å²) >= 11 is 0. The maximum Gasteiger partial charge on any atom is 0.407 e. The van der Waals surface area contributed by atoms with E-state index in [1.165, 1.54) is 21.4 Å². The van der Waals surface area contributed by atoms with Gasteiger partial charge in [0.15, 0.2) is 0 Å². The van der Waals surface area contributed by atoms with Gasteiger partial charge in [-0.05, 0) is 31.8 Å². The summed E-state index contributed by atoms with van der Waals surface area (Å²) in [6.07, 6.45) is -0.217. The number of piperazine rings is 1. The summed E-state index contributed by atoms with van der Waals surface area (Å²) in [5.74, 6) is 0.774. The highest BCUT2D eigenvalue weighted by molar-refractivity contribution is 5.94. The minimum atomic E-state index is -0.999. The second-order valence-electron chi connectivity index (χ2n) is 11.4. The monoisotopic (exact) mass is 571 g/mol. The largest absolute Gasteiger partial charge is 0.465 e. The summed E-state index contributed by atoms with van der Waals surface area (Å²) < 4.78 is 12.2. The maximum atomic E-state index is 11.8. The van der Waals surface area contributed by atoms with Gasteiger partial charge in [-0.1, -0.05) is 36.4 Å². The Morgan fingerprint density at radius 2 is 1.95 bits per heavy atom. The van der Waals surface area contributed by atoms with E-state index in [0.29, 0.717) is 51.4 Å². The molecule has 1 unspecified atom stereocenters.